The van der Waals surface area contributed by atoms with E-state index >= 15 is 0 Å². The molecule has 16 rings (SSSR count). The Morgan fingerprint density at radius 2 is 0.797 bits per heavy atom. The van der Waals surface area contributed by atoms with Crippen molar-refractivity contribution in [2.45, 2.75) is 64.7 Å². The van der Waals surface area contributed by atoms with Gasteiger partial charge in [-0.2, -0.15) is 0 Å². The fourth-order valence-corrected chi connectivity index (χ4v) is 14.7. The molecule has 0 radical (unpaired) electrons. The van der Waals surface area contributed by atoms with E-state index < -0.39 is 0 Å². The highest BCUT2D eigenvalue weighted by Gasteiger charge is 2.49. The van der Waals surface area contributed by atoms with Crippen molar-refractivity contribution in [3.8, 4) is 66.8 Å². The van der Waals surface area contributed by atoms with Crippen LogP contribution in [0.5, 0.6) is 0 Å². The minimum Gasteiger partial charge on any atom is -0.455 e. The molecular formula is C76H57NO2. The van der Waals surface area contributed by atoms with Crippen molar-refractivity contribution in [1.82, 2.24) is 0 Å². The third-order valence-corrected chi connectivity index (χ3v) is 18.5. The Morgan fingerprint density at radius 3 is 1.43 bits per heavy atom. The largest absolute Gasteiger partial charge is 0.455 e. The van der Waals surface area contributed by atoms with Gasteiger partial charge >= 0.3 is 0 Å². The lowest BCUT2D eigenvalue weighted by Crippen LogP contribution is -2.24. The topological polar surface area (TPSA) is 29.5 Å². The molecule has 2 aromatic heterocycles. The first-order valence-corrected chi connectivity index (χ1v) is 27.9. The number of benzene rings is 11. The zero-order valence-electron chi connectivity index (χ0n) is 45.5. The summed E-state index contributed by atoms with van der Waals surface area (Å²) >= 11 is 0. The van der Waals surface area contributed by atoms with Crippen LogP contribution in [0.25, 0.3) is 111 Å². The Balaban J connectivity index is 0.973. The molecule has 3 aliphatic rings. The van der Waals surface area contributed by atoms with E-state index in [1.54, 1.807) is 0 Å². The number of hydrogen-bond donors (Lipinski definition) is 0. The minimum atomic E-state index is -0.390. The molecule has 0 bridgehead atoms. The molecule has 0 saturated heterocycles. The van der Waals surface area contributed by atoms with E-state index in [4.69, 9.17) is 8.83 Å². The first-order valence-electron chi connectivity index (χ1n) is 27.9. The molecule has 0 fully saturated rings. The average Bonchev–Trinajstić information content (AvgIpc) is 2.80. The summed E-state index contributed by atoms with van der Waals surface area (Å²) in [5.74, 6) is 0. The first kappa shape index (κ1) is 46.0. The third kappa shape index (κ3) is 6.24. The van der Waals surface area contributed by atoms with Crippen molar-refractivity contribution in [1.29, 1.82) is 0 Å². The Hall–Kier alpha value is -9.18. The molecule has 3 aliphatic carbocycles. The molecule has 3 heteroatoms. The highest BCUT2D eigenvalue weighted by molar-refractivity contribution is 6.22. The summed E-state index contributed by atoms with van der Waals surface area (Å²) in [4.78, 5) is 2.58. The number of fused-ring (bicyclic) bond motifs is 19. The molecule has 0 aliphatic heterocycles. The highest BCUT2D eigenvalue weighted by atomic mass is 16.3. The Bertz CT molecular complexity index is 4680. The second-order valence-corrected chi connectivity index (χ2v) is 24.0. The Labute approximate surface area is 461 Å². The lowest BCUT2D eigenvalue weighted by atomic mass is 9.72. The van der Waals surface area contributed by atoms with Crippen LogP contribution < -0.4 is 4.90 Å². The number of anilines is 3. The number of hydrogen-bond acceptors (Lipinski definition) is 3. The highest BCUT2D eigenvalue weighted by Crippen LogP contribution is 2.64. The molecule has 2 heterocycles. The minimum absolute atomic E-state index is 0.263. The lowest BCUT2D eigenvalue weighted by Gasteiger charge is -2.33. The predicted molar refractivity (Wildman–Crippen MR) is 329 cm³/mol. The molecule has 13 aromatic rings. The third-order valence-electron chi connectivity index (χ3n) is 18.5. The van der Waals surface area contributed by atoms with Gasteiger partial charge in [-0.1, -0.05) is 223 Å². The molecule has 0 spiro atoms. The molecule has 378 valence electrons. The van der Waals surface area contributed by atoms with Crippen LogP contribution in [0.4, 0.5) is 17.1 Å². The number of rotatable bonds is 6. The number of nitrogens with zero attached hydrogens (tertiary/aromatic N) is 1. The van der Waals surface area contributed by atoms with E-state index in [0.717, 1.165) is 83.5 Å². The quantitative estimate of drug-likeness (QED) is 0.166. The first-order chi connectivity index (χ1) is 38.4. The number of aryl methyl sites for hydroxylation is 1. The standard InChI is InChI=1S/C76H57NO2/c1-44-33-35-47(36-34-44)57-43-61-64(66-55-26-15-18-31-62(55)78-72(57)66)53-39-37-48(41-59(53)74(61,2)3)77(71-50(45-21-10-8-11-22-45)28-20-29-51(71)46-23-12-9-13-24-46)49-38-40-54-60(42-49)76(6,7)69-65(54)67-56-27-16-19-32-63(56)79-73(67)68-52-25-14-17-30-58(52)75(4,5)70(68)69/h8-43H,1-7H3. The van der Waals surface area contributed by atoms with Gasteiger partial charge < -0.3 is 13.7 Å². The fourth-order valence-electron chi connectivity index (χ4n) is 14.7. The summed E-state index contributed by atoms with van der Waals surface area (Å²) in [6, 6.07) is 80.9. The van der Waals surface area contributed by atoms with E-state index in [2.05, 4.69) is 272 Å². The molecule has 0 atom stereocenters. The maximum atomic E-state index is 7.08. The van der Waals surface area contributed by atoms with Crippen LogP contribution >= 0.6 is 0 Å². The van der Waals surface area contributed by atoms with Gasteiger partial charge in [-0.3, -0.25) is 0 Å². The summed E-state index contributed by atoms with van der Waals surface area (Å²) in [6.07, 6.45) is 0. The molecule has 79 heavy (non-hydrogen) atoms. The van der Waals surface area contributed by atoms with Gasteiger partial charge in [-0.15, -0.1) is 0 Å². The van der Waals surface area contributed by atoms with Crippen LogP contribution in [-0.2, 0) is 16.2 Å². The van der Waals surface area contributed by atoms with Crippen LogP contribution in [0.15, 0.2) is 227 Å². The predicted octanol–water partition coefficient (Wildman–Crippen LogP) is 21.2. The molecule has 0 amide bonds. The average molecular weight is 1020 g/mol. The van der Waals surface area contributed by atoms with Gasteiger partial charge in [0, 0.05) is 71.4 Å². The Morgan fingerprint density at radius 1 is 0.329 bits per heavy atom. The molecule has 0 saturated carbocycles. The van der Waals surface area contributed by atoms with Crippen LogP contribution in [0.2, 0.25) is 0 Å². The van der Waals surface area contributed by atoms with Crippen molar-refractivity contribution in [2.24, 2.45) is 0 Å². The van der Waals surface area contributed by atoms with Crippen LogP contribution in [0, 0.1) is 6.92 Å². The van der Waals surface area contributed by atoms with Gasteiger partial charge in [-0.05, 0) is 127 Å². The van der Waals surface area contributed by atoms with E-state index in [9.17, 15) is 0 Å². The fraction of sp³-hybridized carbons (Fsp3) is 0.132. The van der Waals surface area contributed by atoms with Crippen LogP contribution in [-0.4, -0.2) is 0 Å². The summed E-state index contributed by atoms with van der Waals surface area (Å²) in [7, 11) is 0. The summed E-state index contributed by atoms with van der Waals surface area (Å²) < 4.78 is 14.0. The number of para-hydroxylation sites is 3. The van der Waals surface area contributed by atoms with Gasteiger partial charge in [0.2, 0.25) is 0 Å². The van der Waals surface area contributed by atoms with Crippen molar-refractivity contribution in [3.05, 3.63) is 257 Å². The van der Waals surface area contributed by atoms with Crippen molar-refractivity contribution in [3.63, 3.8) is 0 Å². The lowest BCUT2D eigenvalue weighted by molar-refractivity contribution is 0.600. The second kappa shape index (κ2) is 16.2. The monoisotopic (exact) mass is 1020 g/mol. The van der Waals surface area contributed by atoms with E-state index in [-0.39, 0.29) is 16.2 Å². The van der Waals surface area contributed by atoms with Crippen LogP contribution in [0.1, 0.15) is 80.5 Å². The normalized spacial score (nSPS) is 14.8. The van der Waals surface area contributed by atoms with Crippen molar-refractivity contribution >= 4 is 60.9 Å². The van der Waals surface area contributed by atoms with E-state index in [0.29, 0.717) is 0 Å². The van der Waals surface area contributed by atoms with Crippen LogP contribution in [0.3, 0.4) is 0 Å². The van der Waals surface area contributed by atoms with Crippen molar-refractivity contribution in [2.75, 3.05) is 4.90 Å². The molecular weight excluding hydrogens is 959 g/mol. The zero-order valence-corrected chi connectivity index (χ0v) is 45.5. The van der Waals surface area contributed by atoms with Gasteiger partial charge in [0.25, 0.3) is 0 Å². The zero-order chi connectivity index (χ0) is 53.3. The van der Waals surface area contributed by atoms with Gasteiger partial charge in [0.1, 0.15) is 22.3 Å². The maximum Gasteiger partial charge on any atom is 0.144 e. The summed E-state index contributed by atoms with van der Waals surface area (Å²) in [5.41, 5.74) is 29.8. The molecule has 0 N–H and O–H groups in total. The Kier molecular flexibility index (Phi) is 9.42. The van der Waals surface area contributed by atoms with Crippen molar-refractivity contribution < 1.29 is 8.83 Å². The SMILES string of the molecule is Cc1ccc(-c2cc3c(c4c2oc2ccccc24)-c2ccc(N(c4ccc5c(c4)C(C)(C)c4c6c(c7oc8ccccc8c7c4-5)-c4ccccc4C6(C)C)c4c(-c5ccccc5)cccc4-c4ccccc4)cc2C3(C)C)cc1. The van der Waals surface area contributed by atoms with E-state index in [1.165, 1.54) is 83.1 Å². The van der Waals surface area contributed by atoms with Gasteiger partial charge in [-0.25, -0.2) is 0 Å². The second-order valence-electron chi connectivity index (χ2n) is 24.0. The van der Waals surface area contributed by atoms with E-state index in [1.807, 2.05) is 0 Å². The number of furan rings is 2. The maximum absolute atomic E-state index is 7.08. The molecule has 0 unspecified atom stereocenters. The summed E-state index contributed by atoms with van der Waals surface area (Å²) in [5, 5.41) is 4.69. The molecule has 3 nitrogen and oxygen atoms in total. The smallest absolute Gasteiger partial charge is 0.144 e. The van der Waals surface area contributed by atoms with Gasteiger partial charge in [0.15, 0.2) is 0 Å². The molecule has 11 aromatic carbocycles. The summed E-state index contributed by atoms with van der Waals surface area (Å²) in [6.45, 7) is 16.8. The van der Waals surface area contributed by atoms with Gasteiger partial charge in [0.05, 0.1) is 5.69 Å².